The Bertz CT molecular complexity index is 1320. The van der Waals surface area contributed by atoms with Gasteiger partial charge in [0, 0.05) is 0 Å². The first-order chi connectivity index (χ1) is 16.6. The normalized spacial score (nSPS) is 14.8. The molecular weight excluding hydrogens is 527 g/mol. The fourth-order valence-corrected chi connectivity index (χ4v) is 11.1. The molecule has 0 heterocycles. The Hall–Kier alpha value is -1.70. The summed E-state index contributed by atoms with van der Waals surface area (Å²) in [5.74, 6) is 0. The van der Waals surface area contributed by atoms with Crippen molar-refractivity contribution in [2.24, 2.45) is 0 Å². The summed E-state index contributed by atoms with van der Waals surface area (Å²) in [6, 6.07) is 25.9. The van der Waals surface area contributed by atoms with Gasteiger partial charge in [-0.3, -0.25) is 0 Å². The average molecular weight is 565 g/mol. The second-order valence-corrected chi connectivity index (χ2v) is 16.6. The molecule has 0 atom stereocenters. The van der Waals surface area contributed by atoms with Crippen LogP contribution in [0.15, 0.2) is 88.8 Å². The van der Waals surface area contributed by atoms with Crippen molar-refractivity contribution in [1.29, 1.82) is 0 Å². The molecular formula is C34H38Cl2Ti. The largest absolute Gasteiger partial charge is 1.00 e. The minimum absolute atomic E-state index is 0. The second kappa shape index (κ2) is 11.2. The number of fused-ring (bicyclic) bond motifs is 3. The number of allylic oxidation sites excluding steroid dienone is 4. The van der Waals surface area contributed by atoms with Crippen molar-refractivity contribution < 1.29 is 42.2 Å². The predicted octanol–water partition coefficient (Wildman–Crippen LogP) is 3.06. The summed E-state index contributed by atoms with van der Waals surface area (Å²) in [4.78, 5) is 0. The second-order valence-electron chi connectivity index (χ2n) is 12.3. The van der Waals surface area contributed by atoms with Gasteiger partial charge < -0.3 is 24.8 Å². The third kappa shape index (κ3) is 5.69. The molecule has 3 aromatic carbocycles. The van der Waals surface area contributed by atoms with Gasteiger partial charge in [0.1, 0.15) is 0 Å². The molecule has 2 aliphatic carbocycles. The minimum Gasteiger partial charge on any atom is -1.00 e. The molecule has 0 bridgehead atoms. The summed E-state index contributed by atoms with van der Waals surface area (Å²) in [5, 5.41) is 0. The Labute approximate surface area is 242 Å². The first-order valence-corrected chi connectivity index (χ1v) is 15.4. The van der Waals surface area contributed by atoms with E-state index < -0.39 is 17.4 Å². The van der Waals surface area contributed by atoms with Crippen molar-refractivity contribution >= 4 is 3.81 Å². The molecule has 192 valence electrons. The third-order valence-electron chi connectivity index (χ3n) is 7.76. The molecule has 0 N–H and O–H groups in total. The van der Waals surface area contributed by atoms with Crippen molar-refractivity contribution in [3.63, 3.8) is 0 Å². The van der Waals surface area contributed by atoms with E-state index in [0.717, 1.165) is 6.42 Å². The molecule has 3 heteroatoms. The summed E-state index contributed by atoms with van der Waals surface area (Å²) < 4.78 is 3.81. The standard InChI is InChI=1S/C21H25.C8H8.C5H5.2ClH.Ti/c1-20(2,3)16-7-9-18-14(12-16)11-15-13-17(21(4,5)6)8-10-19(15)18;1-2-8-6-4-3-5-7-8;1-2-4-5-3-1;;;/h7-13H,1-6H3;3-7H,1H3;1-3H,4H2;2*1H;/q;;;;;+2/p-2. The Balaban J connectivity index is 0.00000190. The van der Waals surface area contributed by atoms with Gasteiger partial charge in [0.05, 0.1) is 0 Å². The number of hydrogen-bond acceptors (Lipinski definition) is 0. The van der Waals surface area contributed by atoms with Crippen LogP contribution in [-0.4, -0.2) is 3.81 Å². The topological polar surface area (TPSA) is 0 Å². The quantitative estimate of drug-likeness (QED) is 0.429. The maximum absolute atomic E-state index is 2.56. The summed E-state index contributed by atoms with van der Waals surface area (Å²) in [5.41, 5.74) is 10.6. The molecule has 2 aliphatic rings. The van der Waals surface area contributed by atoms with Crippen LogP contribution in [0.1, 0.15) is 86.9 Å². The average Bonchev–Trinajstić information content (AvgIpc) is 3.45. The van der Waals surface area contributed by atoms with Gasteiger partial charge in [0.2, 0.25) is 0 Å². The number of benzene rings is 3. The molecule has 3 aromatic rings. The molecule has 0 fully saturated rings. The summed E-state index contributed by atoms with van der Waals surface area (Å²) in [6.45, 7) is 16.5. The molecule has 0 nitrogen and oxygen atoms in total. The van der Waals surface area contributed by atoms with E-state index in [-0.39, 0.29) is 35.6 Å². The maximum Gasteiger partial charge on any atom is -1.00 e. The van der Waals surface area contributed by atoms with Crippen LogP contribution in [0, 0.1) is 0 Å². The summed E-state index contributed by atoms with van der Waals surface area (Å²) in [6.07, 6.45) is 8.20. The molecule has 0 amide bonds. The van der Waals surface area contributed by atoms with Crippen LogP contribution in [0.3, 0.4) is 0 Å². The fraction of sp³-hybridized carbons (Fsp3) is 0.324. The third-order valence-corrected chi connectivity index (χ3v) is 13.0. The number of halogens is 2. The van der Waals surface area contributed by atoms with Gasteiger partial charge in [-0.2, -0.15) is 0 Å². The molecule has 0 radical (unpaired) electrons. The zero-order valence-electron chi connectivity index (χ0n) is 23.1. The monoisotopic (exact) mass is 564 g/mol. The van der Waals surface area contributed by atoms with E-state index >= 15 is 0 Å². The van der Waals surface area contributed by atoms with Gasteiger partial charge >= 0.3 is 219 Å². The van der Waals surface area contributed by atoms with Gasteiger partial charge in [0.25, 0.3) is 0 Å². The predicted molar refractivity (Wildman–Crippen MR) is 149 cm³/mol. The number of hydrogen-bond donors (Lipinski definition) is 0. The summed E-state index contributed by atoms with van der Waals surface area (Å²) in [7, 11) is 0. The van der Waals surface area contributed by atoms with E-state index in [1.165, 1.54) is 27.8 Å². The van der Waals surface area contributed by atoms with Crippen LogP contribution >= 0.6 is 0 Å². The van der Waals surface area contributed by atoms with Crippen LogP contribution in [0.2, 0.25) is 0 Å². The zero-order valence-corrected chi connectivity index (χ0v) is 26.2. The van der Waals surface area contributed by atoms with Crippen molar-refractivity contribution in [2.45, 2.75) is 69.9 Å². The van der Waals surface area contributed by atoms with Gasteiger partial charge in [-0.1, -0.05) is 0 Å². The van der Waals surface area contributed by atoms with Crippen molar-refractivity contribution in [3.05, 3.63) is 117 Å². The molecule has 0 aromatic heterocycles. The van der Waals surface area contributed by atoms with E-state index in [9.17, 15) is 0 Å². The zero-order chi connectivity index (χ0) is 25.0. The fourth-order valence-electron chi connectivity index (χ4n) is 5.64. The van der Waals surface area contributed by atoms with Crippen molar-refractivity contribution in [2.75, 3.05) is 0 Å². The first kappa shape index (κ1) is 29.9. The molecule has 0 spiro atoms. The Morgan fingerprint density at radius 2 is 1.24 bits per heavy atom. The van der Waals surface area contributed by atoms with Gasteiger partial charge in [-0.05, 0) is 0 Å². The van der Waals surface area contributed by atoms with Crippen molar-refractivity contribution in [1.82, 2.24) is 0 Å². The van der Waals surface area contributed by atoms with Crippen LogP contribution in [0.4, 0.5) is 0 Å². The molecule has 0 saturated carbocycles. The molecule has 0 aliphatic heterocycles. The Morgan fingerprint density at radius 1 is 0.730 bits per heavy atom. The van der Waals surface area contributed by atoms with Gasteiger partial charge in [-0.15, -0.1) is 0 Å². The van der Waals surface area contributed by atoms with E-state index in [1.807, 2.05) is 0 Å². The molecule has 0 unspecified atom stereocenters. The molecule has 37 heavy (non-hydrogen) atoms. The Morgan fingerprint density at radius 3 is 1.68 bits per heavy atom. The van der Waals surface area contributed by atoms with Gasteiger partial charge in [-0.25, -0.2) is 0 Å². The van der Waals surface area contributed by atoms with Crippen molar-refractivity contribution in [3.8, 4) is 11.1 Å². The van der Waals surface area contributed by atoms with Crippen LogP contribution in [0.25, 0.3) is 11.1 Å². The summed E-state index contributed by atoms with van der Waals surface area (Å²) >= 11 is -1.95. The number of rotatable bonds is 3. The first-order valence-electron chi connectivity index (χ1n) is 13.0. The minimum atomic E-state index is -1.95. The van der Waals surface area contributed by atoms with Crippen LogP contribution in [0.5, 0.6) is 0 Å². The Kier molecular flexibility index (Phi) is 9.03. The van der Waals surface area contributed by atoms with Gasteiger partial charge in [0.15, 0.2) is 0 Å². The van der Waals surface area contributed by atoms with E-state index in [2.05, 4.69) is 133 Å². The van der Waals surface area contributed by atoms with E-state index in [4.69, 9.17) is 0 Å². The van der Waals surface area contributed by atoms with E-state index in [1.54, 1.807) is 18.8 Å². The SMILES string of the molecule is C/[C](c1ccccc1)=[Ti+2](/[C]1=CC=CC1)[CH]1c2cc(C(C)(C)C)ccc2-c2ccc(C(C)(C)C)cc21.[Cl-].[Cl-]. The van der Waals surface area contributed by atoms with Crippen LogP contribution < -0.4 is 24.8 Å². The molecule has 0 saturated heterocycles. The molecule has 5 rings (SSSR count). The van der Waals surface area contributed by atoms with Crippen LogP contribution in [-0.2, 0) is 28.2 Å². The maximum atomic E-state index is 2.56. The smallest absolute Gasteiger partial charge is 1.00 e. The van der Waals surface area contributed by atoms with E-state index in [0.29, 0.717) is 4.22 Å².